The maximum atomic E-state index is 13.9. The molecule has 2 rings (SSSR count). The quantitative estimate of drug-likeness (QED) is 0.662. The Balaban J connectivity index is 2.43. The van der Waals surface area contributed by atoms with E-state index in [9.17, 15) is 24.1 Å². The molecule has 0 aromatic heterocycles. The number of carbonyl (C=O) groups excluding carboxylic acids is 2. The SMILES string of the molecule is Cc1c(F)cc(C(N)=O)cc1NC(=O)c1cccc([N+](=O)[O-])c1C. The van der Waals surface area contributed by atoms with Crippen molar-refractivity contribution in [2.24, 2.45) is 5.73 Å². The number of halogens is 1. The first-order valence-corrected chi connectivity index (χ1v) is 6.87. The van der Waals surface area contributed by atoms with Gasteiger partial charge in [0.2, 0.25) is 5.91 Å². The van der Waals surface area contributed by atoms with Crippen LogP contribution in [-0.2, 0) is 0 Å². The number of hydrogen-bond donors (Lipinski definition) is 2. The number of carbonyl (C=O) groups is 2. The Bertz CT molecular complexity index is 865. The minimum absolute atomic E-state index is 0.0692. The lowest BCUT2D eigenvalue weighted by Crippen LogP contribution is -2.17. The summed E-state index contributed by atoms with van der Waals surface area (Å²) < 4.78 is 13.9. The van der Waals surface area contributed by atoms with Crippen molar-refractivity contribution in [3.05, 3.63) is 68.5 Å². The van der Waals surface area contributed by atoms with Crippen molar-refractivity contribution in [1.82, 2.24) is 0 Å². The molecule has 124 valence electrons. The smallest absolute Gasteiger partial charge is 0.273 e. The highest BCUT2D eigenvalue weighted by Crippen LogP contribution is 2.24. The molecule has 24 heavy (non-hydrogen) atoms. The minimum Gasteiger partial charge on any atom is -0.366 e. The third-order valence-electron chi connectivity index (χ3n) is 3.62. The number of rotatable bonds is 4. The fourth-order valence-electron chi connectivity index (χ4n) is 2.21. The Kier molecular flexibility index (Phi) is 4.59. The summed E-state index contributed by atoms with van der Waals surface area (Å²) in [5.41, 5.74) is 5.29. The van der Waals surface area contributed by atoms with E-state index in [-0.39, 0.29) is 33.6 Å². The van der Waals surface area contributed by atoms with Gasteiger partial charge in [0.15, 0.2) is 0 Å². The molecule has 0 aliphatic carbocycles. The lowest BCUT2D eigenvalue weighted by Gasteiger charge is -2.12. The van der Waals surface area contributed by atoms with Crippen molar-refractivity contribution in [1.29, 1.82) is 0 Å². The number of hydrogen-bond acceptors (Lipinski definition) is 4. The van der Waals surface area contributed by atoms with Crippen LogP contribution in [0.15, 0.2) is 30.3 Å². The van der Waals surface area contributed by atoms with Crippen LogP contribution < -0.4 is 11.1 Å². The molecule has 0 saturated carbocycles. The van der Waals surface area contributed by atoms with Gasteiger partial charge in [-0.3, -0.25) is 19.7 Å². The number of nitro groups is 1. The van der Waals surface area contributed by atoms with Crippen molar-refractivity contribution in [3.63, 3.8) is 0 Å². The fourth-order valence-corrected chi connectivity index (χ4v) is 2.21. The van der Waals surface area contributed by atoms with Gasteiger partial charge < -0.3 is 11.1 Å². The number of benzene rings is 2. The van der Waals surface area contributed by atoms with Crippen LogP contribution in [0.5, 0.6) is 0 Å². The normalized spacial score (nSPS) is 10.3. The highest BCUT2D eigenvalue weighted by molar-refractivity contribution is 6.07. The number of anilines is 1. The van der Waals surface area contributed by atoms with Crippen molar-refractivity contribution < 1.29 is 18.9 Å². The first kappa shape index (κ1) is 17.1. The monoisotopic (exact) mass is 331 g/mol. The molecule has 0 fully saturated rings. The Hall–Kier alpha value is -3.29. The number of nitro benzene ring substituents is 1. The van der Waals surface area contributed by atoms with Crippen LogP contribution in [0.3, 0.4) is 0 Å². The van der Waals surface area contributed by atoms with Crippen LogP contribution in [-0.4, -0.2) is 16.7 Å². The summed E-state index contributed by atoms with van der Waals surface area (Å²) in [6.07, 6.45) is 0. The second-order valence-corrected chi connectivity index (χ2v) is 5.16. The summed E-state index contributed by atoms with van der Waals surface area (Å²) in [6.45, 7) is 2.87. The number of nitrogens with two attached hydrogens (primary N) is 1. The average molecular weight is 331 g/mol. The zero-order valence-electron chi connectivity index (χ0n) is 12.9. The van der Waals surface area contributed by atoms with Gasteiger partial charge in [-0.15, -0.1) is 0 Å². The van der Waals surface area contributed by atoms with Crippen LogP contribution in [0, 0.1) is 29.8 Å². The number of primary amides is 1. The summed E-state index contributed by atoms with van der Waals surface area (Å²) in [4.78, 5) is 33.9. The first-order chi connectivity index (χ1) is 11.2. The van der Waals surface area contributed by atoms with E-state index in [1.807, 2.05) is 0 Å². The molecular formula is C16H14FN3O4. The molecule has 8 heteroatoms. The minimum atomic E-state index is -0.837. The van der Waals surface area contributed by atoms with Crippen molar-refractivity contribution in [2.75, 3.05) is 5.32 Å². The van der Waals surface area contributed by atoms with E-state index in [2.05, 4.69) is 5.32 Å². The fraction of sp³-hybridized carbons (Fsp3) is 0.125. The lowest BCUT2D eigenvalue weighted by atomic mass is 10.0. The van der Waals surface area contributed by atoms with Crippen LogP contribution in [0.25, 0.3) is 0 Å². The van der Waals surface area contributed by atoms with E-state index in [0.717, 1.165) is 6.07 Å². The Labute approximate surface area is 136 Å². The van der Waals surface area contributed by atoms with Gasteiger partial charge >= 0.3 is 0 Å². The molecular weight excluding hydrogens is 317 g/mol. The Morgan fingerprint density at radius 3 is 2.46 bits per heavy atom. The lowest BCUT2D eigenvalue weighted by molar-refractivity contribution is -0.385. The highest BCUT2D eigenvalue weighted by Gasteiger charge is 2.19. The molecule has 0 heterocycles. The highest BCUT2D eigenvalue weighted by atomic mass is 19.1. The van der Waals surface area contributed by atoms with Crippen molar-refractivity contribution >= 4 is 23.2 Å². The van der Waals surface area contributed by atoms with Crippen LogP contribution in [0.1, 0.15) is 31.8 Å². The van der Waals surface area contributed by atoms with E-state index in [1.54, 1.807) is 0 Å². The molecule has 0 saturated heterocycles. The number of amides is 2. The average Bonchev–Trinajstić information content (AvgIpc) is 2.51. The molecule has 7 nitrogen and oxygen atoms in total. The van der Waals surface area contributed by atoms with Gasteiger partial charge in [0.05, 0.1) is 4.92 Å². The molecule has 0 aliphatic heterocycles. The molecule has 0 atom stereocenters. The third-order valence-corrected chi connectivity index (χ3v) is 3.62. The van der Waals surface area contributed by atoms with Gasteiger partial charge in [0.25, 0.3) is 11.6 Å². The zero-order valence-corrected chi connectivity index (χ0v) is 12.9. The standard InChI is InChI=1S/C16H14FN3O4/c1-8-11(4-3-5-14(8)20(23)24)16(22)19-13-7-10(15(18)21)6-12(17)9(13)2/h3-7H,1-2H3,(H2,18,21)(H,19,22). The van der Waals surface area contributed by atoms with Gasteiger partial charge in [-0.1, -0.05) is 6.07 Å². The molecule has 0 aliphatic rings. The second kappa shape index (κ2) is 6.45. The summed E-state index contributed by atoms with van der Waals surface area (Å²) in [5, 5.41) is 13.4. The summed E-state index contributed by atoms with van der Waals surface area (Å²) >= 11 is 0. The largest absolute Gasteiger partial charge is 0.366 e. The van der Waals surface area contributed by atoms with Crippen LogP contribution in [0.2, 0.25) is 0 Å². The Morgan fingerprint density at radius 2 is 1.88 bits per heavy atom. The molecule has 0 unspecified atom stereocenters. The van der Waals surface area contributed by atoms with Crippen LogP contribution >= 0.6 is 0 Å². The summed E-state index contributed by atoms with van der Waals surface area (Å²) in [5.74, 6) is -2.19. The van der Waals surface area contributed by atoms with Gasteiger partial charge in [0.1, 0.15) is 5.82 Å². The molecule has 3 N–H and O–H groups in total. The summed E-state index contributed by atoms with van der Waals surface area (Å²) in [6, 6.07) is 6.32. The second-order valence-electron chi connectivity index (χ2n) is 5.16. The number of nitrogens with zero attached hydrogens (tertiary/aromatic N) is 1. The van der Waals surface area contributed by atoms with E-state index in [4.69, 9.17) is 5.73 Å². The Morgan fingerprint density at radius 1 is 1.21 bits per heavy atom. The summed E-state index contributed by atoms with van der Waals surface area (Å²) in [7, 11) is 0. The first-order valence-electron chi connectivity index (χ1n) is 6.87. The molecule has 2 aromatic rings. The molecule has 2 amide bonds. The molecule has 0 bridgehead atoms. The predicted octanol–water partition coefficient (Wildman–Crippen LogP) is 2.70. The number of nitrogens with one attached hydrogen (secondary N) is 1. The van der Waals surface area contributed by atoms with E-state index in [0.29, 0.717) is 0 Å². The third kappa shape index (κ3) is 3.22. The van der Waals surface area contributed by atoms with E-state index >= 15 is 0 Å². The zero-order chi connectivity index (χ0) is 18.0. The van der Waals surface area contributed by atoms with Gasteiger partial charge in [-0.25, -0.2) is 4.39 Å². The molecule has 0 spiro atoms. The van der Waals surface area contributed by atoms with Gasteiger partial charge in [-0.05, 0) is 32.0 Å². The van der Waals surface area contributed by atoms with Crippen molar-refractivity contribution in [2.45, 2.75) is 13.8 Å². The van der Waals surface area contributed by atoms with Crippen molar-refractivity contribution in [3.8, 4) is 0 Å². The van der Waals surface area contributed by atoms with Gasteiger partial charge in [0, 0.05) is 34.0 Å². The molecule has 0 radical (unpaired) electrons. The topological polar surface area (TPSA) is 115 Å². The van der Waals surface area contributed by atoms with E-state index in [1.165, 1.54) is 38.1 Å². The van der Waals surface area contributed by atoms with Crippen LogP contribution in [0.4, 0.5) is 15.8 Å². The maximum Gasteiger partial charge on any atom is 0.273 e. The maximum absolute atomic E-state index is 13.9. The van der Waals surface area contributed by atoms with Gasteiger partial charge in [-0.2, -0.15) is 0 Å². The van der Waals surface area contributed by atoms with E-state index < -0.39 is 22.6 Å². The predicted molar refractivity (Wildman–Crippen MR) is 85.4 cm³/mol. The molecule has 2 aromatic carbocycles.